The van der Waals surface area contributed by atoms with Crippen molar-refractivity contribution in [1.29, 1.82) is 0 Å². The zero-order chi connectivity index (χ0) is 16.5. The maximum atomic E-state index is 12.4. The fraction of sp³-hybridized carbons (Fsp3) is 0.750. The van der Waals surface area contributed by atoms with E-state index in [2.05, 4.69) is 31.2 Å². The van der Waals surface area contributed by atoms with Crippen molar-refractivity contribution < 1.29 is 9.90 Å². The minimum atomic E-state index is -0.108. The second-order valence-corrected chi connectivity index (χ2v) is 7.13. The van der Waals surface area contributed by atoms with Gasteiger partial charge >= 0.3 is 6.03 Å². The first-order chi connectivity index (χ1) is 10.2. The van der Waals surface area contributed by atoms with E-state index in [0.717, 1.165) is 24.1 Å². The topological polar surface area (TPSA) is 70.4 Å². The number of urea groups is 1. The number of aliphatic hydroxyl groups is 1. The number of aryl methyl sites for hydroxylation is 1. The van der Waals surface area contributed by atoms with E-state index in [4.69, 9.17) is 0 Å². The Morgan fingerprint density at radius 1 is 1.55 bits per heavy atom. The molecule has 0 aromatic carbocycles. The normalized spacial score (nSPS) is 20.3. The van der Waals surface area contributed by atoms with Crippen molar-refractivity contribution in [3.63, 3.8) is 0 Å². The average Bonchev–Trinajstić information content (AvgIpc) is 3.03. The van der Waals surface area contributed by atoms with Gasteiger partial charge < -0.3 is 15.3 Å². The van der Waals surface area contributed by atoms with Gasteiger partial charge in [0.15, 0.2) is 0 Å². The van der Waals surface area contributed by atoms with Gasteiger partial charge in [-0.15, -0.1) is 0 Å². The first kappa shape index (κ1) is 16.8. The van der Waals surface area contributed by atoms with Gasteiger partial charge in [-0.2, -0.15) is 5.10 Å². The number of nitrogens with one attached hydrogen (secondary N) is 1. The number of amides is 2. The summed E-state index contributed by atoms with van der Waals surface area (Å²) in [6.45, 7) is 11.0. The zero-order valence-corrected chi connectivity index (χ0v) is 14.3. The molecule has 0 radical (unpaired) electrons. The Hall–Kier alpha value is -1.56. The minimum absolute atomic E-state index is 0.0305. The van der Waals surface area contributed by atoms with Gasteiger partial charge in [-0.05, 0) is 47.5 Å². The van der Waals surface area contributed by atoms with Crippen LogP contribution in [0.3, 0.4) is 0 Å². The Morgan fingerprint density at radius 3 is 2.77 bits per heavy atom. The quantitative estimate of drug-likeness (QED) is 0.899. The van der Waals surface area contributed by atoms with Gasteiger partial charge in [-0.25, -0.2) is 4.79 Å². The molecule has 0 saturated carbocycles. The van der Waals surface area contributed by atoms with E-state index in [1.807, 2.05) is 24.7 Å². The summed E-state index contributed by atoms with van der Waals surface area (Å²) in [4.78, 5) is 14.1. The maximum Gasteiger partial charge on any atom is 0.318 e. The Labute approximate surface area is 132 Å². The monoisotopic (exact) mass is 308 g/mol. The summed E-state index contributed by atoms with van der Waals surface area (Å²) < 4.78 is 1.94. The predicted molar refractivity (Wildman–Crippen MR) is 85.7 cm³/mol. The van der Waals surface area contributed by atoms with Crippen LogP contribution in [0, 0.1) is 6.92 Å². The highest BCUT2D eigenvalue weighted by atomic mass is 16.3. The number of likely N-dealkylation sites (tertiary alicyclic amines) is 1. The lowest BCUT2D eigenvalue weighted by Crippen LogP contribution is -2.44. The van der Waals surface area contributed by atoms with Crippen LogP contribution in [-0.2, 0) is 5.54 Å². The van der Waals surface area contributed by atoms with E-state index in [1.165, 1.54) is 0 Å². The second kappa shape index (κ2) is 6.28. The van der Waals surface area contributed by atoms with Gasteiger partial charge in [0.2, 0.25) is 0 Å². The lowest BCUT2D eigenvalue weighted by atomic mass is 10.1. The molecule has 2 rings (SSSR count). The number of nitrogens with zero attached hydrogens (tertiary/aromatic N) is 3. The van der Waals surface area contributed by atoms with Gasteiger partial charge in [0.05, 0.1) is 29.9 Å². The highest BCUT2D eigenvalue weighted by Gasteiger charge is 2.29. The molecule has 6 nitrogen and oxygen atoms in total. The van der Waals surface area contributed by atoms with Crippen molar-refractivity contribution in [3.05, 3.63) is 17.5 Å². The van der Waals surface area contributed by atoms with Crippen LogP contribution < -0.4 is 5.32 Å². The summed E-state index contributed by atoms with van der Waals surface area (Å²) in [6, 6.07) is -0.263. The SMILES string of the molecule is Cc1nn(C(C)(C)C)cc1[C@@H](C)NC(=O)N1CCC[C@H]1CO. The van der Waals surface area contributed by atoms with Crippen LogP contribution in [0.4, 0.5) is 4.79 Å². The highest BCUT2D eigenvalue weighted by Crippen LogP contribution is 2.22. The molecule has 0 unspecified atom stereocenters. The van der Waals surface area contributed by atoms with Crippen molar-refractivity contribution in [2.45, 2.75) is 65.1 Å². The number of aromatic nitrogens is 2. The molecule has 1 aliphatic heterocycles. The summed E-state index contributed by atoms with van der Waals surface area (Å²) in [6.07, 6.45) is 3.83. The van der Waals surface area contributed by atoms with Crippen LogP contribution in [-0.4, -0.2) is 45.0 Å². The van der Waals surface area contributed by atoms with Gasteiger partial charge in [0.1, 0.15) is 0 Å². The standard InChI is InChI=1S/C16H28N4O2/c1-11(14-9-20(16(3,4)5)18-12(14)2)17-15(22)19-8-6-7-13(19)10-21/h9,11,13,21H,6-8,10H2,1-5H3,(H,17,22)/t11-,13+/m1/s1. The number of carbonyl (C=O) groups is 1. The van der Waals surface area contributed by atoms with E-state index in [9.17, 15) is 9.90 Å². The van der Waals surface area contributed by atoms with E-state index in [-0.39, 0.29) is 30.3 Å². The second-order valence-electron chi connectivity index (χ2n) is 7.13. The molecule has 2 atom stereocenters. The Balaban J connectivity index is 2.07. The molecule has 0 spiro atoms. The zero-order valence-electron chi connectivity index (χ0n) is 14.3. The lowest BCUT2D eigenvalue weighted by molar-refractivity contribution is 0.155. The van der Waals surface area contributed by atoms with Crippen molar-refractivity contribution in [3.8, 4) is 0 Å². The fourth-order valence-electron chi connectivity index (χ4n) is 2.88. The fourth-order valence-corrected chi connectivity index (χ4v) is 2.88. The van der Waals surface area contributed by atoms with Crippen LogP contribution in [0.2, 0.25) is 0 Å². The van der Waals surface area contributed by atoms with Crippen LogP contribution in [0.1, 0.15) is 57.8 Å². The molecular weight excluding hydrogens is 280 g/mol. The molecular formula is C16H28N4O2. The van der Waals surface area contributed by atoms with Crippen LogP contribution in [0.5, 0.6) is 0 Å². The number of aliphatic hydroxyl groups excluding tert-OH is 1. The van der Waals surface area contributed by atoms with Crippen molar-refractivity contribution in [2.75, 3.05) is 13.2 Å². The average molecular weight is 308 g/mol. The molecule has 6 heteroatoms. The van der Waals surface area contributed by atoms with E-state index in [1.54, 1.807) is 4.90 Å². The van der Waals surface area contributed by atoms with Crippen molar-refractivity contribution in [1.82, 2.24) is 20.0 Å². The molecule has 124 valence electrons. The van der Waals surface area contributed by atoms with E-state index in [0.29, 0.717) is 6.54 Å². The molecule has 2 N–H and O–H groups in total. The number of rotatable bonds is 3. The Morgan fingerprint density at radius 2 is 2.23 bits per heavy atom. The summed E-state index contributed by atoms with van der Waals surface area (Å²) in [5.41, 5.74) is 1.88. The van der Waals surface area contributed by atoms with Crippen molar-refractivity contribution in [2.24, 2.45) is 0 Å². The molecule has 2 amide bonds. The number of hydrogen-bond acceptors (Lipinski definition) is 3. The number of carbonyl (C=O) groups excluding carboxylic acids is 1. The lowest BCUT2D eigenvalue weighted by Gasteiger charge is -2.25. The third-order valence-electron chi connectivity index (χ3n) is 4.28. The molecule has 0 aliphatic carbocycles. The first-order valence-corrected chi connectivity index (χ1v) is 7.98. The summed E-state index contributed by atoms with van der Waals surface area (Å²) in [5, 5.41) is 16.9. The van der Waals surface area contributed by atoms with Gasteiger partial charge in [-0.1, -0.05) is 0 Å². The summed E-state index contributed by atoms with van der Waals surface area (Å²) in [5.74, 6) is 0. The summed E-state index contributed by atoms with van der Waals surface area (Å²) in [7, 11) is 0. The third-order valence-corrected chi connectivity index (χ3v) is 4.28. The summed E-state index contributed by atoms with van der Waals surface area (Å²) >= 11 is 0. The van der Waals surface area contributed by atoms with Gasteiger partial charge in [-0.3, -0.25) is 4.68 Å². The largest absolute Gasteiger partial charge is 0.394 e. The molecule has 1 aromatic rings. The molecule has 1 fully saturated rings. The van der Waals surface area contributed by atoms with Crippen LogP contribution >= 0.6 is 0 Å². The molecule has 0 bridgehead atoms. The first-order valence-electron chi connectivity index (χ1n) is 7.98. The van der Waals surface area contributed by atoms with E-state index < -0.39 is 0 Å². The third kappa shape index (κ3) is 3.43. The molecule has 22 heavy (non-hydrogen) atoms. The molecule has 1 aromatic heterocycles. The maximum absolute atomic E-state index is 12.4. The molecule has 1 saturated heterocycles. The number of hydrogen-bond donors (Lipinski definition) is 2. The Kier molecular flexibility index (Phi) is 4.80. The predicted octanol–water partition coefficient (Wildman–Crippen LogP) is 2.17. The van der Waals surface area contributed by atoms with Gasteiger partial charge in [0.25, 0.3) is 0 Å². The van der Waals surface area contributed by atoms with Crippen molar-refractivity contribution >= 4 is 6.03 Å². The molecule has 2 heterocycles. The Bertz CT molecular complexity index is 533. The van der Waals surface area contributed by atoms with Gasteiger partial charge in [0, 0.05) is 18.3 Å². The van der Waals surface area contributed by atoms with Crippen LogP contribution in [0.15, 0.2) is 6.20 Å². The highest BCUT2D eigenvalue weighted by molar-refractivity contribution is 5.75. The minimum Gasteiger partial charge on any atom is -0.394 e. The van der Waals surface area contributed by atoms with Crippen LogP contribution in [0.25, 0.3) is 0 Å². The van der Waals surface area contributed by atoms with E-state index >= 15 is 0 Å². The smallest absolute Gasteiger partial charge is 0.318 e. The molecule has 1 aliphatic rings.